The van der Waals surface area contributed by atoms with E-state index in [1.165, 1.54) is 168 Å². The second-order valence-corrected chi connectivity index (χ2v) is 54.6. The topological polar surface area (TPSA) is 78.8 Å². The van der Waals surface area contributed by atoms with Gasteiger partial charge in [0.25, 0.3) is 7.55 Å². The first-order chi connectivity index (χ1) is 48.8. The number of aryl methyl sites for hydroxylation is 3. The summed E-state index contributed by atoms with van der Waals surface area (Å²) in [4.78, 5) is 13.5. The fraction of sp³-hybridized carbons (Fsp3) is 0.554. The van der Waals surface area contributed by atoms with Gasteiger partial charge in [0.1, 0.15) is 0 Å². The van der Waals surface area contributed by atoms with Crippen molar-refractivity contribution in [1.82, 2.24) is 23.0 Å². The summed E-state index contributed by atoms with van der Waals surface area (Å²) in [7, 11) is -5.84. The van der Waals surface area contributed by atoms with E-state index < -0.39 is 24.3 Å². The Bertz CT molecular complexity index is 4620. The number of H-pyrrole nitrogens is 1. The Morgan fingerprint density at radius 2 is 0.947 bits per heavy atom. The molecule has 114 heavy (non-hydrogen) atoms. The van der Waals surface area contributed by atoms with Crippen LogP contribution >= 0.6 is 11.1 Å². The number of rotatable bonds is 10. The number of benzene rings is 6. The second kappa shape index (κ2) is 38.8. The van der Waals surface area contributed by atoms with Crippen molar-refractivity contribution >= 4 is 68.1 Å². The molecular formula is C101H159ClLiN7Si3Ti. The molecule has 1 aliphatic heterocycles. The van der Waals surface area contributed by atoms with Crippen LogP contribution in [0.3, 0.4) is 0 Å². The SMILES string of the molecule is C.C.C.C.CC(C)(C)CC(C)(C)[NH-].CC1CCC2C(C1)C1CC3CCCCC3C1N2[Si](C)(C)[N-]C(C)(C)CC(C)(C)C.Cc1ccc2[nH]c3c(c2c1)Cc1ccccc1-3.Cc1ccc2c(c1)c1c(n2[Si](C)(C)Cl)-c2ccccc2C1.Cc1ccc2c(c1)c1c(n2[Si](C)(C)NC(C)(C)CC(C)(C)C)-c2ccccc2C1.[CH3-].[CH3-].[CH3-].[Li+].[Ti+4]. The van der Waals surface area contributed by atoms with E-state index in [2.05, 4.69) is 307 Å². The number of aromatic nitrogens is 3. The van der Waals surface area contributed by atoms with Gasteiger partial charge in [-0.3, -0.25) is 0 Å². The fourth-order valence-corrected chi connectivity index (χ4v) is 32.1. The van der Waals surface area contributed by atoms with Crippen LogP contribution in [0.1, 0.15) is 261 Å². The summed E-state index contributed by atoms with van der Waals surface area (Å²) in [5, 5.41) is 4.20. The molecule has 16 rings (SSSR count). The number of halogens is 1. The number of fused-ring (bicyclic) bond motifs is 20. The van der Waals surface area contributed by atoms with Crippen molar-refractivity contribution in [2.45, 2.75) is 319 Å². The van der Waals surface area contributed by atoms with Gasteiger partial charge in [-0.25, -0.2) is 0 Å². The molecule has 6 aromatic carbocycles. The van der Waals surface area contributed by atoms with Gasteiger partial charge in [0, 0.05) is 106 Å². The molecule has 4 fully saturated rings. The molecule has 0 spiro atoms. The average molecular weight is 1650 g/mol. The number of aromatic amines is 1. The summed E-state index contributed by atoms with van der Waals surface area (Å²) in [6, 6.07) is 48.5. The number of hydrogen-bond donors (Lipinski definition) is 2. The molecule has 3 saturated carbocycles. The zero-order valence-corrected chi connectivity index (χ0v) is 79.5. The van der Waals surface area contributed by atoms with Crippen LogP contribution in [0.4, 0.5) is 0 Å². The Hall–Kier alpha value is -3.97. The van der Waals surface area contributed by atoms with E-state index in [9.17, 15) is 0 Å². The molecule has 622 valence electrons. The van der Waals surface area contributed by atoms with Gasteiger partial charge in [-0.15, -0.1) is 22.2 Å². The van der Waals surface area contributed by atoms with Crippen molar-refractivity contribution in [3.63, 3.8) is 0 Å². The summed E-state index contributed by atoms with van der Waals surface area (Å²) in [5.41, 5.74) is 33.4. The van der Waals surface area contributed by atoms with Crippen molar-refractivity contribution < 1.29 is 40.6 Å². The van der Waals surface area contributed by atoms with Crippen LogP contribution in [-0.4, -0.2) is 71.1 Å². The molecule has 3 N–H and O–H groups in total. The average Bonchev–Trinajstić information content (AvgIpc) is 1.56. The molecule has 1 saturated heterocycles. The van der Waals surface area contributed by atoms with E-state index in [0.29, 0.717) is 16.2 Å². The van der Waals surface area contributed by atoms with E-state index in [1.54, 1.807) is 6.42 Å². The third-order valence-electron chi connectivity index (χ3n) is 24.1. The molecule has 7 atom stereocenters. The minimum absolute atomic E-state index is 0. The third-order valence-corrected chi connectivity index (χ3v) is 32.0. The first-order valence-electron chi connectivity index (χ1n) is 40.7. The Morgan fingerprint density at radius 3 is 1.43 bits per heavy atom. The van der Waals surface area contributed by atoms with Crippen molar-refractivity contribution in [2.75, 3.05) is 0 Å². The van der Waals surface area contributed by atoms with Gasteiger partial charge in [0.15, 0.2) is 0 Å². The van der Waals surface area contributed by atoms with Gasteiger partial charge in [-0.2, -0.15) is 0 Å². The minimum atomic E-state index is -2.00. The first kappa shape index (κ1) is 104. The standard InChI is InChI=1S/C26H49N2Si.C26H36N2Si.C18H18ClNSi.C16H13N.C8H18N.4CH4.3CH3.Li.Ti/c2*1-18-13-14-23-21(15-18)22-16-19-11-9-10-12-20(19)24(22)28(23)29(7,8)27-26(5,6)17-25(2,3)4;1-12-8-9-17-15(10-12)16-11-13-6-4-5-7-14(13)18(16)20(17)21(2,3)19;1-10-6-7-15-13(8-10)14-9-11-4-2-3-5-12(11)16(14)17-15;1-7(2,3)6-8(4,5)9;;;;;;;;;/h18-24H,9-17H2,1-8H3;9-15,27H,16-17H2,1-8H3;4-10H,11H2,1-3H3;2-8,17H,9H2,1H3;9H,6H2,1-5H3;4*1H4;3*1H3;;/q-1;;;;-1;;;;;3*-1;+1;+4. The van der Waals surface area contributed by atoms with Crippen LogP contribution in [0.2, 0.25) is 39.3 Å². The van der Waals surface area contributed by atoms with E-state index in [-0.39, 0.29) is 109 Å². The van der Waals surface area contributed by atoms with Gasteiger partial charge in [-0.1, -0.05) is 280 Å². The van der Waals surface area contributed by atoms with E-state index >= 15 is 0 Å². The van der Waals surface area contributed by atoms with Gasteiger partial charge in [0.05, 0.1) is 5.69 Å². The Morgan fingerprint density at radius 1 is 0.509 bits per heavy atom. The van der Waals surface area contributed by atoms with Crippen LogP contribution in [0, 0.1) is 88.9 Å². The summed E-state index contributed by atoms with van der Waals surface area (Å²) in [6.07, 6.45) is 18.4. The maximum Gasteiger partial charge on any atom is 4.00 e. The normalized spacial score (nSPS) is 19.6. The maximum atomic E-state index is 7.59. The third kappa shape index (κ3) is 23.0. The predicted molar refractivity (Wildman–Crippen MR) is 511 cm³/mol. The first-order valence-corrected chi connectivity index (χ1v) is 50.5. The Kier molecular flexibility index (Phi) is 35.5. The molecule has 9 aromatic rings. The molecule has 6 aliphatic carbocycles. The zero-order chi connectivity index (χ0) is 76.3. The second-order valence-electron chi connectivity index (χ2n) is 41.0. The maximum absolute atomic E-state index is 7.59. The van der Waals surface area contributed by atoms with Crippen molar-refractivity contribution in [3.8, 4) is 33.8 Å². The molecule has 3 aromatic heterocycles. The molecule has 7 nitrogen and oxygen atoms in total. The van der Waals surface area contributed by atoms with Crippen molar-refractivity contribution in [1.29, 1.82) is 0 Å². The minimum Gasteiger partial charge on any atom is -0.672 e. The summed E-state index contributed by atoms with van der Waals surface area (Å²) >= 11 is 6.87. The Labute approximate surface area is 734 Å². The van der Waals surface area contributed by atoms with Crippen LogP contribution < -0.4 is 23.8 Å². The van der Waals surface area contributed by atoms with Crippen LogP contribution in [0.15, 0.2) is 127 Å². The van der Waals surface area contributed by atoms with Gasteiger partial charge >= 0.3 is 40.6 Å². The Balaban J connectivity index is 0.000000375. The molecule has 0 amide bonds. The van der Waals surface area contributed by atoms with E-state index in [0.717, 1.165) is 73.8 Å². The van der Waals surface area contributed by atoms with Crippen LogP contribution in [-0.2, 0) is 41.0 Å². The summed E-state index contributed by atoms with van der Waals surface area (Å²) in [5.74, 6) is 4.93. The monoisotopic (exact) mass is 1640 g/mol. The fourth-order valence-electron chi connectivity index (χ4n) is 22.6. The van der Waals surface area contributed by atoms with Crippen LogP contribution in [0.25, 0.3) is 77.2 Å². The van der Waals surface area contributed by atoms with Crippen molar-refractivity contribution in [2.24, 2.45) is 45.8 Å². The molecule has 0 radical (unpaired) electrons. The number of nitrogens with one attached hydrogen (secondary N) is 3. The summed E-state index contributed by atoms with van der Waals surface area (Å²) in [6.45, 7) is 57.8. The van der Waals surface area contributed by atoms with Crippen LogP contribution in [0.5, 0.6) is 0 Å². The van der Waals surface area contributed by atoms with Gasteiger partial charge in [-0.05, 0) is 215 Å². The summed E-state index contributed by atoms with van der Waals surface area (Å²) < 4.78 is 8.30. The molecule has 7 aliphatic rings. The smallest absolute Gasteiger partial charge is 0.672 e. The molecule has 7 unspecified atom stereocenters. The largest absolute Gasteiger partial charge is 4.00 e. The molecule has 13 heteroatoms. The van der Waals surface area contributed by atoms with E-state index in [1.807, 2.05) is 13.8 Å². The van der Waals surface area contributed by atoms with E-state index in [4.69, 9.17) is 21.8 Å². The number of hydrogen-bond acceptors (Lipinski definition) is 2. The molecule has 0 bridgehead atoms. The molecular weight excluding hydrogens is 1490 g/mol. The zero-order valence-electron chi connectivity index (χ0n) is 74.2. The quantitative estimate of drug-likeness (QED) is 0.0813. The predicted octanol–water partition coefficient (Wildman–Crippen LogP) is 28.0. The van der Waals surface area contributed by atoms with Gasteiger partial charge < -0.3 is 56.0 Å². The van der Waals surface area contributed by atoms with Crippen molar-refractivity contribution in [3.05, 3.63) is 210 Å². The number of nitrogens with zero attached hydrogens (tertiary/aromatic N) is 4. The van der Waals surface area contributed by atoms with Gasteiger partial charge in [0.2, 0.25) is 8.40 Å². The molecule has 4 heterocycles.